The van der Waals surface area contributed by atoms with Gasteiger partial charge in [0.2, 0.25) is 5.91 Å². The van der Waals surface area contributed by atoms with Gasteiger partial charge in [0, 0.05) is 13.0 Å². The number of halogens is 2. The maximum Gasteiger partial charge on any atom is 0.220 e. The van der Waals surface area contributed by atoms with Gasteiger partial charge in [0.15, 0.2) is 0 Å². The van der Waals surface area contributed by atoms with E-state index in [1.165, 1.54) is 24.3 Å². The average Bonchev–Trinajstić information content (AvgIpc) is 2.37. The highest BCUT2D eigenvalue weighted by Crippen LogP contribution is 2.12. The molecule has 0 aliphatic carbocycles. The lowest BCUT2D eigenvalue weighted by molar-refractivity contribution is -0.121. The summed E-state index contributed by atoms with van der Waals surface area (Å²) >= 11 is 0. The maximum atomic E-state index is 12.7. The Labute approximate surface area is 118 Å². The van der Waals surface area contributed by atoms with Gasteiger partial charge in [0.25, 0.3) is 0 Å². The van der Waals surface area contributed by atoms with Gasteiger partial charge in [-0.1, -0.05) is 12.1 Å². The predicted octanol–water partition coefficient (Wildman–Crippen LogP) is 1.40. The highest BCUT2D eigenvalue weighted by Gasteiger charge is 2.09. The van der Waals surface area contributed by atoms with Crippen LogP contribution in [0.3, 0.4) is 0 Å². The Hall–Kier alpha value is -1.17. The number of hydrogen-bond donors (Lipinski definition) is 3. The third kappa shape index (κ3) is 7.10. The van der Waals surface area contributed by atoms with Crippen molar-refractivity contribution in [3.05, 3.63) is 35.6 Å². The van der Waals surface area contributed by atoms with Crippen LogP contribution in [0.15, 0.2) is 24.3 Å². The summed E-state index contributed by atoms with van der Waals surface area (Å²) < 4.78 is 12.7. The van der Waals surface area contributed by atoms with Crippen molar-refractivity contribution in [1.82, 2.24) is 10.6 Å². The van der Waals surface area contributed by atoms with Gasteiger partial charge >= 0.3 is 0 Å². The van der Waals surface area contributed by atoms with E-state index in [4.69, 9.17) is 0 Å². The molecule has 0 saturated carbocycles. The second-order valence-electron chi connectivity index (χ2n) is 4.08. The molecular formula is C13H20ClFN2O2. The Kier molecular flexibility index (Phi) is 9.12. The average molecular weight is 291 g/mol. The Morgan fingerprint density at radius 3 is 2.58 bits per heavy atom. The number of carbonyl (C=O) groups excluding carboxylic acids is 1. The van der Waals surface area contributed by atoms with Gasteiger partial charge in [-0.3, -0.25) is 4.79 Å². The molecule has 1 aromatic carbocycles. The van der Waals surface area contributed by atoms with Crippen molar-refractivity contribution in [2.24, 2.45) is 0 Å². The number of benzene rings is 1. The number of amides is 1. The van der Waals surface area contributed by atoms with Gasteiger partial charge < -0.3 is 15.7 Å². The van der Waals surface area contributed by atoms with Crippen molar-refractivity contribution in [2.45, 2.75) is 18.9 Å². The number of hydrogen-bond acceptors (Lipinski definition) is 3. The van der Waals surface area contributed by atoms with Gasteiger partial charge in [-0.15, -0.1) is 12.4 Å². The molecule has 0 aliphatic heterocycles. The highest BCUT2D eigenvalue weighted by molar-refractivity contribution is 5.85. The first-order valence-corrected chi connectivity index (χ1v) is 5.98. The quantitative estimate of drug-likeness (QED) is 0.665. The minimum Gasteiger partial charge on any atom is -0.387 e. The zero-order valence-electron chi connectivity index (χ0n) is 10.9. The summed E-state index contributed by atoms with van der Waals surface area (Å²) in [4.78, 5) is 11.4. The molecule has 6 heteroatoms. The lowest BCUT2D eigenvalue weighted by Crippen LogP contribution is -2.28. The lowest BCUT2D eigenvalue weighted by Gasteiger charge is -2.12. The summed E-state index contributed by atoms with van der Waals surface area (Å²) in [5.74, 6) is -0.437. The van der Waals surface area contributed by atoms with Gasteiger partial charge in [-0.25, -0.2) is 4.39 Å². The number of aliphatic hydroxyl groups excluding tert-OH is 1. The van der Waals surface area contributed by atoms with Crippen LogP contribution in [0.25, 0.3) is 0 Å². The van der Waals surface area contributed by atoms with Gasteiger partial charge in [-0.05, 0) is 37.7 Å². The molecule has 0 saturated heterocycles. The third-order valence-electron chi connectivity index (χ3n) is 2.58. The fourth-order valence-corrected chi connectivity index (χ4v) is 1.53. The number of aliphatic hydroxyl groups is 1. The van der Waals surface area contributed by atoms with Crippen LogP contribution in [0, 0.1) is 5.82 Å². The Morgan fingerprint density at radius 1 is 1.37 bits per heavy atom. The van der Waals surface area contributed by atoms with Crippen molar-refractivity contribution in [2.75, 3.05) is 20.1 Å². The van der Waals surface area contributed by atoms with E-state index in [2.05, 4.69) is 10.6 Å². The number of nitrogens with one attached hydrogen (secondary N) is 2. The van der Waals surface area contributed by atoms with Crippen molar-refractivity contribution < 1.29 is 14.3 Å². The molecule has 0 heterocycles. The van der Waals surface area contributed by atoms with Crippen LogP contribution in [0.1, 0.15) is 24.5 Å². The lowest BCUT2D eigenvalue weighted by atomic mass is 10.1. The molecule has 0 aromatic heterocycles. The molecule has 1 rings (SSSR count). The highest BCUT2D eigenvalue weighted by atomic mass is 35.5. The van der Waals surface area contributed by atoms with E-state index < -0.39 is 6.10 Å². The molecule has 1 atom stereocenters. The zero-order chi connectivity index (χ0) is 13.4. The van der Waals surface area contributed by atoms with Crippen LogP contribution in [-0.4, -0.2) is 31.2 Å². The standard InChI is InChI=1S/C13H19FN2O2.ClH/c1-15-8-2-3-13(18)16-9-12(17)10-4-6-11(14)7-5-10;/h4-7,12,15,17H,2-3,8-9H2,1H3,(H,16,18);1H. The molecule has 0 bridgehead atoms. The molecular weight excluding hydrogens is 271 g/mol. The Bertz CT molecular complexity index is 373. The molecule has 1 aromatic rings. The van der Waals surface area contributed by atoms with E-state index in [0.717, 1.165) is 13.0 Å². The first-order chi connectivity index (χ1) is 8.63. The van der Waals surface area contributed by atoms with E-state index in [9.17, 15) is 14.3 Å². The Morgan fingerprint density at radius 2 is 2.00 bits per heavy atom. The van der Waals surface area contributed by atoms with Crippen LogP contribution in [0.2, 0.25) is 0 Å². The molecule has 0 fully saturated rings. The van der Waals surface area contributed by atoms with Crippen molar-refractivity contribution in [1.29, 1.82) is 0 Å². The monoisotopic (exact) mass is 290 g/mol. The van der Waals surface area contributed by atoms with Crippen molar-refractivity contribution >= 4 is 18.3 Å². The van der Waals surface area contributed by atoms with Crippen LogP contribution in [0.5, 0.6) is 0 Å². The van der Waals surface area contributed by atoms with E-state index in [-0.39, 0.29) is 30.7 Å². The van der Waals surface area contributed by atoms with Gasteiger partial charge in [0.05, 0.1) is 6.10 Å². The molecule has 4 nitrogen and oxygen atoms in total. The van der Waals surface area contributed by atoms with Crippen LogP contribution in [0.4, 0.5) is 4.39 Å². The predicted molar refractivity (Wildman–Crippen MR) is 74.8 cm³/mol. The maximum absolute atomic E-state index is 12.7. The summed E-state index contributed by atoms with van der Waals surface area (Å²) in [7, 11) is 1.83. The molecule has 0 radical (unpaired) electrons. The normalized spacial score (nSPS) is 11.5. The van der Waals surface area contributed by atoms with E-state index >= 15 is 0 Å². The second kappa shape index (κ2) is 9.72. The summed E-state index contributed by atoms with van der Waals surface area (Å²) in [6, 6.07) is 5.58. The SMILES string of the molecule is CNCCCC(=O)NCC(O)c1ccc(F)cc1.Cl. The summed E-state index contributed by atoms with van der Waals surface area (Å²) in [5, 5.41) is 15.4. The minimum absolute atomic E-state index is 0. The van der Waals surface area contributed by atoms with E-state index in [1.54, 1.807) is 0 Å². The first-order valence-electron chi connectivity index (χ1n) is 5.98. The summed E-state index contributed by atoms with van der Waals surface area (Å²) in [5.41, 5.74) is 0.590. The van der Waals surface area contributed by atoms with Crippen LogP contribution < -0.4 is 10.6 Å². The number of rotatable bonds is 7. The topological polar surface area (TPSA) is 61.4 Å². The smallest absolute Gasteiger partial charge is 0.220 e. The third-order valence-corrected chi connectivity index (χ3v) is 2.58. The molecule has 1 unspecified atom stereocenters. The number of carbonyl (C=O) groups is 1. The van der Waals surface area contributed by atoms with Crippen molar-refractivity contribution in [3.8, 4) is 0 Å². The van der Waals surface area contributed by atoms with E-state index in [1.807, 2.05) is 7.05 Å². The first kappa shape index (κ1) is 17.8. The van der Waals surface area contributed by atoms with Crippen LogP contribution >= 0.6 is 12.4 Å². The molecule has 0 aliphatic rings. The van der Waals surface area contributed by atoms with E-state index in [0.29, 0.717) is 12.0 Å². The molecule has 108 valence electrons. The summed E-state index contributed by atoms with van der Waals surface area (Å²) in [6.45, 7) is 0.929. The largest absolute Gasteiger partial charge is 0.387 e. The molecule has 1 amide bonds. The Balaban J connectivity index is 0.00000324. The molecule has 0 spiro atoms. The minimum atomic E-state index is -0.807. The van der Waals surface area contributed by atoms with Gasteiger partial charge in [-0.2, -0.15) is 0 Å². The zero-order valence-corrected chi connectivity index (χ0v) is 11.7. The fourth-order valence-electron chi connectivity index (χ4n) is 1.53. The second-order valence-corrected chi connectivity index (χ2v) is 4.08. The fraction of sp³-hybridized carbons (Fsp3) is 0.462. The van der Waals surface area contributed by atoms with Crippen LogP contribution in [-0.2, 0) is 4.79 Å². The molecule has 19 heavy (non-hydrogen) atoms. The molecule has 3 N–H and O–H groups in total. The summed E-state index contributed by atoms with van der Waals surface area (Å²) in [6.07, 6.45) is 0.380. The van der Waals surface area contributed by atoms with Gasteiger partial charge in [0.1, 0.15) is 5.82 Å². The van der Waals surface area contributed by atoms with Crippen molar-refractivity contribution in [3.63, 3.8) is 0 Å².